The lowest BCUT2D eigenvalue weighted by Crippen LogP contribution is -2.30. The van der Waals surface area contributed by atoms with E-state index in [2.05, 4.69) is 31.0 Å². The molecular weight excluding hydrogens is 422 g/mol. The average Bonchev–Trinajstić information content (AvgIpc) is 2.52. The standard InChI is InChI=1S/C17H20BrN3O4S/c1-17(2,3)25-16(22)20-8-5-9-21-26(23,24)14-7-4-6-12-10-19-11-13(18)15(12)14/h4-8,10-11,21H,9H2,1-3H3,(H,20,22). The quantitative estimate of drug-likeness (QED) is 0.741. The van der Waals surface area contributed by atoms with Gasteiger partial charge in [0.25, 0.3) is 0 Å². The van der Waals surface area contributed by atoms with Crippen LogP contribution < -0.4 is 10.0 Å². The molecule has 0 unspecified atom stereocenters. The van der Waals surface area contributed by atoms with Crippen molar-refractivity contribution < 1.29 is 17.9 Å². The Kier molecular flexibility index (Phi) is 6.38. The number of pyridine rings is 1. The van der Waals surface area contributed by atoms with Crippen LogP contribution in [0.2, 0.25) is 0 Å². The number of aromatic nitrogens is 1. The number of sulfonamides is 1. The van der Waals surface area contributed by atoms with Gasteiger partial charge < -0.3 is 4.74 Å². The molecule has 0 aliphatic heterocycles. The van der Waals surface area contributed by atoms with Crippen LogP contribution in [0.5, 0.6) is 0 Å². The van der Waals surface area contributed by atoms with E-state index in [1.807, 2.05) is 0 Å². The molecule has 0 fully saturated rings. The summed E-state index contributed by atoms with van der Waals surface area (Å²) < 4.78 is 33.3. The minimum Gasteiger partial charge on any atom is -0.444 e. The van der Waals surface area contributed by atoms with Gasteiger partial charge in [-0.25, -0.2) is 17.9 Å². The Bertz CT molecular complexity index is 931. The van der Waals surface area contributed by atoms with Crippen LogP contribution in [0.3, 0.4) is 0 Å². The summed E-state index contributed by atoms with van der Waals surface area (Å²) in [6, 6.07) is 4.97. The molecule has 0 atom stereocenters. The van der Waals surface area contributed by atoms with Crippen LogP contribution >= 0.6 is 15.9 Å². The van der Waals surface area contributed by atoms with Gasteiger partial charge in [0.05, 0.1) is 4.90 Å². The zero-order valence-corrected chi connectivity index (χ0v) is 17.0. The number of amides is 1. The molecule has 0 spiro atoms. The summed E-state index contributed by atoms with van der Waals surface area (Å²) in [5.41, 5.74) is -0.601. The molecule has 0 saturated carbocycles. The first-order valence-electron chi connectivity index (χ1n) is 7.76. The number of ether oxygens (including phenoxy) is 1. The fraction of sp³-hybridized carbons (Fsp3) is 0.294. The monoisotopic (exact) mass is 441 g/mol. The first-order valence-corrected chi connectivity index (χ1v) is 10.0. The Balaban J connectivity index is 2.04. The van der Waals surface area contributed by atoms with Gasteiger partial charge in [-0.15, -0.1) is 0 Å². The van der Waals surface area contributed by atoms with Crippen molar-refractivity contribution >= 4 is 42.8 Å². The maximum Gasteiger partial charge on any atom is 0.411 e. The second-order valence-electron chi connectivity index (χ2n) is 6.38. The van der Waals surface area contributed by atoms with Crippen molar-refractivity contribution in [3.05, 3.63) is 47.3 Å². The van der Waals surface area contributed by atoms with Crippen molar-refractivity contribution in [1.29, 1.82) is 0 Å². The fourth-order valence-corrected chi connectivity index (χ4v) is 4.03. The van der Waals surface area contributed by atoms with E-state index in [4.69, 9.17) is 4.74 Å². The number of nitrogens with one attached hydrogen (secondary N) is 2. The highest BCUT2D eigenvalue weighted by Gasteiger charge is 2.18. The van der Waals surface area contributed by atoms with E-state index in [1.54, 1.807) is 45.3 Å². The molecule has 0 radical (unpaired) electrons. The molecule has 2 N–H and O–H groups in total. The van der Waals surface area contributed by atoms with E-state index in [1.165, 1.54) is 18.3 Å². The number of alkyl carbamates (subject to hydrolysis) is 1. The van der Waals surface area contributed by atoms with Crippen LogP contribution in [0.4, 0.5) is 4.79 Å². The molecule has 1 heterocycles. The maximum atomic E-state index is 12.6. The molecule has 9 heteroatoms. The predicted octanol–water partition coefficient (Wildman–Crippen LogP) is 3.31. The Labute approximate surface area is 161 Å². The molecule has 2 rings (SSSR count). The van der Waals surface area contributed by atoms with E-state index >= 15 is 0 Å². The molecule has 0 aliphatic rings. The van der Waals surface area contributed by atoms with Crippen LogP contribution in [0.1, 0.15) is 20.8 Å². The summed E-state index contributed by atoms with van der Waals surface area (Å²) >= 11 is 3.34. The molecule has 0 bridgehead atoms. The Morgan fingerprint density at radius 2 is 2.04 bits per heavy atom. The number of carbonyl (C=O) groups excluding carboxylic acids is 1. The third-order valence-corrected chi connectivity index (χ3v) is 5.16. The van der Waals surface area contributed by atoms with Gasteiger partial charge in [0.1, 0.15) is 5.60 Å². The van der Waals surface area contributed by atoms with E-state index in [0.29, 0.717) is 15.2 Å². The fourth-order valence-electron chi connectivity index (χ4n) is 2.11. The third-order valence-electron chi connectivity index (χ3n) is 3.10. The number of benzene rings is 1. The van der Waals surface area contributed by atoms with Gasteiger partial charge in [0.2, 0.25) is 10.0 Å². The van der Waals surface area contributed by atoms with Gasteiger partial charge in [-0.05, 0) is 42.8 Å². The average molecular weight is 442 g/mol. The lowest BCUT2D eigenvalue weighted by atomic mass is 10.2. The van der Waals surface area contributed by atoms with Gasteiger partial charge in [-0.2, -0.15) is 0 Å². The molecular formula is C17H20BrN3O4S. The summed E-state index contributed by atoms with van der Waals surface area (Å²) in [6.45, 7) is 5.27. The number of halogens is 1. The minimum atomic E-state index is -3.74. The number of nitrogens with zero attached hydrogens (tertiary/aromatic N) is 1. The summed E-state index contributed by atoms with van der Waals surface area (Å²) in [5, 5.41) is 3.69. The molecule has 26 heavy (non-hydrogen) atoms. The zero-order chi connectivity index (χ0) is 19.4. The number of carbonyl (C=O) groups is 1. The minimum absolute atomic E-state index is 0.0111. The Morgan fingerprint density at radius 3 is 2.73 bits per heavy atom. The van der Waals surface area contributed by atoms with Gasteiger partial charge >= 0.3 is 6.09 Å². The third kappa shape index (κ3) is 5.52. The molecule has 2 aromatic rings. The summed E-state index contributed by atoms with van der Waals surface area (Å²) in [7, 11) is -3.74. The largest absolute Gasteiger partial charge is 0.444 e. The van der Waals surface area contributed by atoms with Crippen molar-refractivity contribution in [3.63, 3.8) is 0 Å². The number of fused-ring (bicyclic) bond motifs is 1. The topological polar surface area (TPSA) is 97.4 Å². The normalized spacial score (nSPS) is 12.5. The first-order chi connectivity index (χ1) is 12.1. The van der Waals surface area contributed by atoms with Crippen LogP contribution in [0.15, 0.2) is 52.2 Å². The predicted molar refractivity (Wildman–Crippen MR) is 103 cm³/mol. The summed E-state index contributed by atoms with van der Waals surface area (Å²) in [6.07, 6.45) is 5.35. The zero-order valence-electron chi connectivity index (χ0n) is 14.6. The highest BCUT2D eigenvalue weighted by Crippen LogP contribution is 2.28. The van der Waals surface area contributed by atoms with Gasteiger partial charge in [0.15, 0.2) is 0 Å². The van der Waals surface area contributed by atoms with Crippen LogP contribution in [0.25, 0.3) is 10.8 Å². The first kappa shape index (κ1) is 20.3. The molecule has 140 valence electrons. The molecule has 0 saturated heterocycles. The van der Waals surface area contributed by atoms with E-state index in [-0.39, 0.29) is 11.4 Å². The van der Waals surface area contributed by atoms with Crippen LogP contribution in [-0.2, 0) is 14.8 Å². The van der Waals surface area contributed by atoms with Crippen molar-refractivity contribution in [2.75, 3.05) is 6.54 Å². The van der Waals surface area contributed by atoms with Crippen molar-refractivity contribution in [2.24, 2.45) is 0 Å². The lowest BCUT2D eigenvalue weighted by Gasteiger charge is -2.18. The number of hydrogen-bond acceptors (Lipinski definition) is 5. The molecule has 1 amide bonds. The highest BCUT2D eigenvalue weighted by atomic mass is 79.9. The lowest BCUT2D eigenvalue weighted by molar-refractivity contribution is 0.0552. The van der Waals surface area contributed by atoms with Crippen molar-refractivity contribution in [3.8, 4) is 0 Å². The number of rotatable bonds is 5. The summed E-state index contributed by atoms with van der Waals surface area (Å²) in [5.74, 6) is 0. The van der Waals surface area contributed by atoms with Gasteiger partial charge in [-0.3, -0.25) is 10.3 Å². The molecule has 0 aliphatic carbocycles. The van der Waals surface area contributed by atoms with Crippen molar-refractivity contribution in [1.82, 2.24) is 15.0 Å². The summed E-state index contributed by atoms with van der Waals surface area (Å²) in [4.78, 5) is 15.7. The number of hydrogen-bond donors (Lipinski definition) is 2. The second-order valence-corrected chi connectivity index (χ2v) is 8.97. The van der Waals surface area contributed by atoms with Gasteiger partial charge in [-0.1, -0.05) is 18.2 Å². The SMILES string of the molecule is CC(C)(C)OC(=O)NC=CCNS(=O)(=O)c1cccc2cncc(Br)c12. The highest BCUT2D eigenvalue weighted by molar-refractivity contribution is 9.10. The Morgan fingerprint density at radius 1 is 1.31 bits per heavy atom. The van der Waals surface area contributed by atoms with Crippen LogP contribution in [0, 0.1) is 0 Å². The smallest absolute Gasteiger partial charge is 0.411 e. The molecule has 1 aromatic heterocycles. The van der Waals surface area contributed by atoms with Gasteiger partial charge in [0, 0.05) is 40.4 Å². The van der Waals surface area contributed by atoms with Crippen LogP contribution in [-0.4, -0.2) is 31.6 Å². The molecule has 7 nitrogen and oxygen atoms in total. The van der Waals surface area contributed by atoms with E-state index in [0.717, 1.165) is 0 Å². The second kappa shape index (κ2) is 8.15. The van der Waals surface area contributed by atoms with E-state index in [9.17, 15) is 13.2 Å². The van der Waals surface area contributed by atoms with Crippen molar-refractivity contribution in [2.45, 2.75) is 31.3 Å². The maximum absolute atomic E-state index is 12.6. The Hall–Kier alpha value is -1.97. The van der Waals surface area contributed by atoms with E-state index < -0.39 is 21.7 Å². The molecule has 1 aromatic carbocycles.